The highest BCUT2D eigenvalue weighted by atomic mass is 19.1. The molecule has 1 amide bonds. The van der Waals surface area contributed by atoms with E-state index in [0.29, 0.717) is 18.8 Å². The molecule has 25 heavy (non-hydrogen) atoms. The van der Waals surface area contributed by atoms with E-state index < -0.39 is 0 Å². The minimum atomic E-state index is -0.379. The molecule has 0 aliphatic carbocycles. The van der Waals surface area contributed by atoms with Gasteiger partial charge in [-0.15, -0.1) is 5.10 Å². The van der Waals surface area contributed by atoms with Crippen molar-refractivity contribution in [1.29, 1.82) is 0 Å². The zero-order valence-electron chi connectivity index (χ0n) is 14.1. The first kappa shape index (κ1) is 17.1. The highest BCUT2D eigenvalue weighted by molar-refractivity contribution is 5.77. The molecule has 6 nitrogen and oxygen atoms in total. The Hall–Kier alpha value is -2.70. The molecule has 0 bridgehead atoms. The normalized spacial score (nSPS) is 15.0. The second kappa shape index (κ2) is 7.92. The summed E-state index contributed by atoms with van der Waals surface area (Å²) in [6, 6.07) is 9.89. The second-order valence-corrected chi connectivity index (χ2v) is 6.11. The third-order valence-corrected chi connectivity index (χ3v) is 4.16. The molecular weight excluding hydrogens is 323 g/mol. The van der Waals surface area contributed by atoms with Crippen molar-refractivity contribution in [3.05, 3.63) is 47.9 Å². The molecule has 1 aliphatic heterocycles. The number of nitrogens with one attached hydrogen (secondary N) is 1. The van der Waals surface area contributed by atoms with Gasteiger partial charge in [-0.3, -0.25) is 4.79 Å². The molecule has 0 spiro atoms. The molecule has 132 valence electrons. The van der Waals surface area contributed by atoms with Gasteiger partial charge in [-0.05, 0) is 44.0 Å². The van der Waals surface area contributed by atoms with Crippen molar-refractivity contribution in [2.45, 2.75) is 25.8 Å². The van der Waals surface area contributed by atoms with E-state index in [1.807, 2.05) is 19.1 Å². The van der Waals surface area contributed by atoms with Crippen LogP contribution in [0, 0.1) is 12.7 Å². The van der Waals surface area contributed by atoms with E-state index in [9.17, 15) is 9.18 Å². The fourth-order valence-electron chi connectivity index (χ4n) is 2.75. The van der Waals surface area contributed by atoms with Gasteiger partial charge in [0, 0.05) is 25.2 Å². The summed E-state index contributed by atoms with van der Waals surface area (Å²) in [5.74, 6) is 0.654. The maximum absolute atomic E-state index is 13.1. The Bertz CT molecular complexity index is 715. The van der Waals surface area contributed by atoms with Gasteiger partial charge in [-0.25, -0.2) is 4.39 Å². The molecule has 2 heterocycles. The van der Waals surface area contributed by atoms with Gasteiger partial charge in [0.25, 0.3) is 5.91 Å². The average Bonchev–Trinajstić information content (AvgIpc) is 2.62. The molecule has 1 aliphatic rings. The first-order valence-corrected chi connectivity index (χ1v) is 8.33. The number of carbonyl (C=O) groups is 1. The molecule has 0 radical (unpaired) electrons. The molecular formula is C18H21FN4O2. The summed E-state index contributed by atoms with van der Waals surface area (Å²) < 4.78 is 18.5. The minimum absolute atomic E-state index is 0.0784. The number of nitrogens with zero attached hydrogens (tertiary/aromatic N) is 3. The van der Waals surface area contributed by atoms with Crippen LogP contribution >= 0.6 is 0 Å². The Kier molecular flexibility index (Phi) is 5.42. The number of anilines is 1. The van der Waals surface area contributed by atoms with Gasteiger partial charge in [0.2, 0.25) is 0 Å². The fraction of sp³-hybridized carbons (Fsp3) is 0.389. The fourth-order valence-corrected chi connectivity index (χ4v) is 2.75. The molecule has 2 aromatic rings. The first-order valence-electron chi connectivity index (χ1n) is 8.33. The maximum atomic E-state index is 13.1. The summed E-state index contributed by atoms with van der Waals surface area (Å²) in [4.78, 5) is 14.0. The van der Waals surface area contributed by atoms with E-state index >= 15 is 0 Å². The summed E-state index contributed by atoms with van der Waals surface area (Å²) in [5.41, 5.74) is 0.879. The van der Waals surface area contributed by atoms with E-state index in [4.69, 9.17) is 4.74 Å². The van der Waals surface area contributed by atoms with Gasteiger partial charge in [0.15, 0.2) is 6.61 Å². The highest BCUT2D eigenvalue weighted by Gasteiger charge is 2.23. The van der Waals surface area contributed by atoms with Crippen molar-refractivity contribution in [1.82, 2.24) is 15.1 Å². The number of ether oxygens (including phenoxy) is 1. The summed E-state index contributed by atoms with van der Waals surface area (Å²) in [6.45, 7) is 3.13. The second-order valence-electron chi connectivity index (χ2n) is 6.11. The molecule has 1 aromatic heterocycles. The lowest BCUT2D eigenvalue weighted by molar-refractivity contribution is -0.134. The molecule has 1 N–H and O–H groups in total. The number of piperidine rings is 1. The number of benzene rings is 1. The van der Waals surface area contributed by atoms with Crippen LogP contribution in [0.1, 0.15) is 18.5 Å². The van der Waals surface area contributed by atoms with Crippen LogP contribution in [0.4, 0.5) is 10.2 Å². The lowest BCUT2D eigenvalue weighted by atomic mass is 10.1. The number of carbonyl (C=O) groups excluding carboxylic acids is 1. The number of likely N-dealkylation sites (tertiary alicyclic amines) is 1. The Balaban J connectivity index is 1.43. The van der Waals surface area contributed by atoms with Crippen LogP contribution < -0.4 is 10.1 Å². The molecule has 0 saturated carbocycles. The van der Waals surface area contributed by atoms with Crippen molar-refractivity contribution < 1.29 is 13.9 Å². The standard InChI is InChI=1S/C18H21FN4O2/c1-13-5-6-17(22-21-13)20-15-7-9-23(10-8-15)18(24)12-25-16-4-2-3-14(19)11-16/h2-6,11,15H,7-10,12H2,1H3,(H,20,22). The van der Waals surface area contributed by atoms with Crippen molar-refractivity contribution in [2.75, 3.05) is 25.0 Å². The Morgan fingerprint density at radius 3 is 2.76 bits per heavy atom. The summed E-state index contributed by atoms with van der Waals surface area (Å²) in [7, 11) is 0. The number of hydrogen-bond acceptors (Lipinski definition) is 5. The molecule has 1 aromatic carbocycles. The van der Waals surface area contributed by atoms with Crippen LogP contribution in [0.3, 0.4) is 0 Å². The van der Waals surface area contributed by atoms with Gasteiger partial charge >= 0.3 is 0 Å². The topological polar surface area (TPSA) is 67.4 Å². The largest absolute Gasteiger partial charge is 0.484 e. The van der Waals surface area contributed by atoms with Crippen molar-refractivity contribution in [2.24, 2.45) is 0 Å². The Labute approximate surface area is 146 Å². The van der Waals surface area contributed by atoms with E-state index in [2.05, 4.69) is 15.5 Å². The van der Waals surface area contributed by atoms with E-state index in [-0.39, 0.29) is 24.4 Å². The molecule has 7 heteroatoms. The zero-order chi connectivity index (χ0) is 17.6. The van der Waals surface area contributed by atoms with E-state index in [0.717, 1.165) is 24.4 Å². The smallest absolute Gasteiger partial charge is 0.260 e. The van der Waals surface area contributed by atoms with Crippen LogP contribution in [0.25, 0.3) is 0 Å². The highest BCUT2D eigenvalue weighted by Crippen LogP contribution is 2.16. The van der Waals surface area contributed by atoms with Gasteiger partial charge < -0.3 is 15.0 Å². The summed E-state index contributed by atoms with van der Waals surface area (Å²) in [5, 5.41) is 11.5. The number of amides is 1. The van der Waals surface area contributed by atoms with Crippen molar-refractivity contribution in [3.8, 4) is 5.75 Å². The third-order valence-electron chi connectivity index (χ3n) is 4.16. The van der Waals surface area contributed by atoms with E-state index in [1.54, 1.807) is 17.0 Å². The lowest BCUT2D eigenvalue weighted by Gasteiger charge is -2.32. The van der Waals surface area contributed by atoms with Crippen LogP contribution in [-0.2, 0) is 4.79 Å². The monoisotopic (exact) mass is 344 g/mol. The lowest BCUT2D eigenvalue weighted by Crippen LogP contribution is -2.44. The van der Waals surface area contributed by atoms with Crippen LogP contribution in [0.2, 0.25) is 0 Å². The predicted octanol–water partition coefficient (Wildman–Crippen LogP) is 2.41. The number of aromatic nitrogens is 2. The quantitative estimate of drug-likeness (QED) is 0.902. The SMILES string of the molecule is Cc1ccc(NC2CCN(C(=O)COc3cccc(F)c3)CC2)nn1. The van der Waals surface area contributed by atoms with Gasteiger partial charge in [0.05, 0.1) is 5.69 Å². The van der Waals surface area contributed by atoms with Crippen LogP contribution in [-0.4, -0.2) is 46.7 Å². The summed E-state index contributed by atoms with van der Waals surface area (Å²) in [6.07, 6.45) is 1.67. The number of hydrogen-bond donors (Lipinski definition) is 1. The number of aryl methyl sites for hydroxylation is 1. The predicted molar refractivity (Wildman–Crippen MR) is 91.9 cm³/mol. The van der Waals surface area contributed by atoms with Crippen molar-refractivity contribution >= 4 is 11.7 Å². The molecule has 1 fully saturated rings. The average molecular weight is 344 g/mol. The third kappa shape index (κ3) is 4.89. The van der Waals surface area contributed by atoms with Gasteiger partial charge in [-0.1, -0.05) is 6.07 Å². The maximum Gasteiger partial charge on any atom is 0.260 e. The van der Waals surface area contributed by atoms with Crippen LogP contribution in [0.15, 0.2) is 36.4 Å². The summed E-state index contributed by atoms with van der Waals surface area (Å²) >= 11 is 0. The Morgan fingerprint density at radius 1 is 1.28 bits per heavy atom. The molecule has 1 saturated heterocycles. The van der Waals surface area contributed by atoms with E-state index in [1.165, 1.54) is 12.1 Å². The Morgan fingerprint density at radius 2 is 2.08 bits per heavy atom. The number of rotatable bonds is 5. The molecule has 0 atom stereocenters. The van der Waals surface area contributed by atoms with Gasteiger partial charge in [0.1, 0.15) is 17.4 Å². The zero-order valence-corrected chi connectivity index (χ0v) is 14.1. The first-order chi connectivity index (χ1) is 12.1. The number of halogens is 1. The van der Waals surface area contributed by atoms with Crippen molar-refractivity contribution in [3.63, 3.8) is 0 Å². The molecule has 3 rings (SSSR count). The molecule has 0 unspecified atom stereocenters. The minimum Gasteiger partial charge on any atom is -0.484 e. The van der Waals surface area contributed by atoms with Crippen LogP contribution in [0.5, 0.6) is 5.75 Å². The van der Waals surface area contributed by atoms with Gasteiger partial charge in [-0.2, -0.15) is 5.10 Å².